The molecular weight excluding hydrogens is 392 g/mol. The minimum absolute atomic E-state index is 0.161. The molecule has 8 heteroatoms. The summed E-state index contributed by atoms with van der Waals surface area (Å²) < 4.78 is 13.0. The summed E-state index contributed by atoms with van der Waals surface area (Å²) in [5.41, 5.74) is 6.01. The van der Waals surface area contributed by atoms with Gasteiger partial charge in [0.1, 0.15) is 11.9 Å². The molecule has 27 heavy (non-hydrogen) atoms. The fourth-order valence-corrected chi connectivity index (χ4v) is 2.81. The number of rotatable bonds is 7. The molecule has 5 nitrogen and oxygen atoms in total. The van der Waals surface area contributed by atoms with E-state index in [0.717, 1.165) is 0 Å². The molecule has 0 aromatic heterocycles. The lowest BCUT2D eigenvalue weighted by Crippen LogP contribution is -2.49. The van der Waals surface area contributed by atoms with E-state index in [1.54, 1.807) is 18.2 Å². The lowest BCUT2D eigenvalue weighted by molar-refractivity contribution is -0.122. The second-order valence-corrected chi connectivity index (χ2v) is 7.24. The molecule has 0 aliphatic heterocycles. The molecule has 0 radical (unpaired) electrons. The van der Waals surface area contributed by atoms with E-state index in [1.807, 2.05) is 13.8 Å². The van der Waals surface area contributed by atoms with Gasteiger partial charge in [-0.1, -0.05) is 37.0 Å². The summed E-state index contributed by atoms with van der Waals surface area (Å²) in [5, 5.41) is 3.50. The van der Waals surface area contributed by atoms with Crippen LogP contribution in [0.5, 0.6) is 0 Å². The van der Waals surface area contributed by atoms with Crippen molar-refractivity contribution in [1.29, 1.82) is 0 Å². The summed E-state index contributed by atoms with van der Waals surface area (Å²) in [6.45, 7) is 3.88. The highest BCUT2D eigenvalue weighted by atomic mass is 35.5. The SMILES string of the molecule is CC(C)CC(NC(=O)c1ccc(F)cc1)C(=O)NNc1ccc(Cl)cc1Cl. The molecule has 0 spiro atoms. The van der Waals surface area contributed by atoms with Crippen molar-refractivity contribution in [2.24, 2.45) is 5.92 Å². The minimum atomic E-state index is -0.777. The first-order chi connectivity index (χ1) is 12.8. The molecule has 2 aromatic carbocycles. The highest BCUT2D eigenvalue weighted by Gasteiger charge is 2.22. The lowest BCUT2D eigenvalue weighted by atomic mass is 10.0. The predicted molar refractivity (Wildman–Crippen MR) is 105 cm³/mol. The zero-order valence-corrected chi connectivity index (χ0v) is 16.4. The topological polar surface area (TPSA) is 70.2 Å². The monoisotopic (exact) mass is 411 g/mol. The van der Waals surface area contributed by atoms with Crippen molar-refractivity contribution in [2.75, 3.05) is 5.43 Å². The molecule has 1 unspecified atom stereocenters. The maximum atomic E-state index is 13.0. The molecule has 2 aromatic rings. The number of hydrogen-bond acceptors (Lipinski definition) is 3. The summed E-state index contributed by atoms with van der Waals surface area (Å²) in [4.78, 5) is 24.9. The van der Waals surface area contributed by atoms with Gasteiger partial charge in [-0.2, -0.15) is 0 Å². The smallest absolute Gasteiger partial charge is 0.260 e. The molecule has 0 bridgehead atoms. The van der Waals surface area contributed by atoms with Gasteiger partial charge in [0, 0.05) is 10.6 Å². The summed E-state index contributed by atoms with van der Waals surface area (Å²) in [5.74, 6) is -1.16. The van der Waals surface area contributed by atoms with Crippen molar-refractivity contribution in [3.63, 3.8) is 0 Å². The van der Waals surface area contributed by atoms with Gasteiger partial charge in [0.15, 0.2) is 0 Å². The maximum absolute atomic E-state index is 13.0. The Labute approximate surface area is 167 Å². The molecular formula is C19H20Cl2FN3O2. The molecule has 2 amide bonds. The van der Waals surface area contributed by atoms with Gasteiger partial charge in [-0.05, 0) is 54.8 Å². The molecule has 3 N–H and O–H groups in total. The number of carbonyl (C=O) groups excluding carboxylic acids is 2. The minimum Gasteiger partial charge on any atom is -0.340 e. The summed E-state index contributed by atoms with van der Waals surface area (Å²) >= 11 is 11.9. The fraction of sp³-hybridized carbons (Fsp3) is 0.263. The van der Waals surface area contributed by atoms with Gasteiger partial charge >= 0.3 is 0 Å². The van der Waals surface area contributed by atoms with Crippen LogP contribution in [0.15, 0.2) is 42.5 Å². The summed E-state index contributed by atoms with van der Waals surface area (Å²) in [6, 6.07) is 9.12. The largest absolute Gasteiger partial charge is 0.340 e. The number of nitrogens with one attached hydrogen (secondary N) is 3. The van der Waals surface area contributed by atoms with Gasteiger partial charge in [0.05, 0.1) is 10.7 Å². The zero-order valence-electron chi connectivity index (χ0n) is 14.9. The molecule has 1 atom stereocenters. The number of amides is 2. The van der Waals surface area contributed by atoms with Crippen LogP contribution in [0.1, 0.15) is 30.6 Å². The molecule has 0 saturated carbocycles. The summed E-state index contributed by atoms with van der Waals surface area (Å²) in [6.07, 6.45) is 0.425. The van der Waals surface area contributed by atoms with E-state index in [1.165, 1.54) is 24.3 Å². The number of halogens is 3. The third-order valence-corrected chi connectivity index (χ3v) is 4.23. The number of anilines is 1. The average Bonchev–Trinajstić information content (AvgIpc) is 2.60. The van der Waals surface area contributed by atoms with Crippen LogP contribution in [0.3, 0.4) is 0 Å². The Morgan fingerprint density at radius 3 is 2.33 bits per heavy atom. The Bertz CT molecular complexity index is 813. The first-order valence-electron chi connectivity index (χ1n) is 8.33. The number of hydrogen-bond donors (Lipinski definition) is 3. The van der Waals surface area contributed by atoms with Crippen LogP contribution in [0.25, 0.3) is 0 Å². The van der Waals surface area contributed by atoms with Crippen molar-refractivity contribution in [3.8, 4) is 0 Å². The summed E-state index contributed by atoms with van der Waals surface area (Å²) in [7, 11) is 0. The second kappa shape index (κ2) is 9.58. The van der Waals surface area contributed by atoms with E-state index >= 15 is 0 Å². The van der Waals surface area contributed by atoms with Crippen LogP contribution in [-0.4, -0.2) is 17.9 Å². The molecule has 0 aliphatic rings. The molecule has 0 aliphatic carbocycles. The van der Waals surface area contributed by atoms with E-state index in [4.69, 9.17) is 23.2 Å². The molecule has 0 fully saturated rings. The fourth-order valence-electron chi connectivity index (χ4n) is 2.35. The molecule has 0 heterocycles. The number of carbonyl (C=O) groups is 2. The predicted octanol–water partition coefficient (Wildman–Crippen LogP) is 4.42. The normalized spacial score (nSPS) is 11.8. The molecule has 144 valence electrons. The first-order valence-corrected chi connectivity index (χ1v) is 9.09. The van der Waals surface area contributed by atoms with Gasteiger partial charge in [-0.25, -0.2) is 4.39 Å². The highest BCUT2D eigenvalue weighted by Crippen LogP contribution is 2.24. The Balaban J connectivity index is 2.04. The molecule has 0 saturated heterocycles. The zero-order chi connectivity index (χ0) is 20.0. The van der Waals surface area contributed by atoms with Crippen LogP contribution in [-0.2, 0) is 4.79 Å². The van der Waals surface area contributed by atoms with Gasteiger partial charge in [0.25, 0.3) is 11.8 Å². The quantitative estimate of drug-likeness (QED) is 0.590. The van der Waals surface area contributed by atoms with E-state index < -0.39 is 23.7 Å². The standard InChI is InChI=1S/C19H20Cl2FN3O2/c1-11(2)9-17(23-18(26)12-3-6-14(22)7-4-12)19(27)25-24-16-8-5-13(20)10-15(16)21/h3-8,10-11,17,24H,9H2,1-2H3,(H,23,26)(H,25,27). The number of benzene rings is 2. The van der Waals surface area contributed by atoms with Crippen molar-refractivity contribution >= 4 is 40.7 Å². The van der Waals surface area contributed by atoms with E-state index in [0.29, 0.717) is 22.2 Å². The third-order valence-electron chi connectivity index (χ3n) is 3.69. The Morgan fingerprint density at radius 1 is 1.07 bits per heavy atom. The van der Waals surface area contributed by atoms with E-state index in [9.17, 15) is 14.0 Å². The Kier molecular flexibility index (Phi) is 7.45. The van der Waals surface area contributed by atoms with Crippen LogP contribution in [0.2, 0.25) is 10.0 Å². The molecule has 2 rings (SSSR count). The number of hydrazine groups is 1. The van der Waals surface area contributed by atoms with Crippen LogP contribution in [0.4, 0.5) is 10.1 Å². The van der Waals surface area contributed by atoms with Crippen LogP contribution < -0.4 is 16.2 Å². The lowest BCUT2D eigenvalue weighted by Gasteiger charge is -2.21. The van der Waals surface area contributed by atoms with E-state index in [-0.39, 0.29) is 11.5 Å². The Morgan fingerprint density at radius 2 is 1.74 bits per heavy atom. The first kappa shape index (κ1) is 21.0. The second-order valence-electron chi connectivity index (χ2n) is 6.40. The van der Waals surface area contributed by atoms with E-state index in [2.05, 4.69) is 16.2 Å². The Hall–Kier alpha value is -2.31. The van der Waals surface area contributed by atoms with Gasteiger partial charge in [-0.3, -0.25) is 20.4 Å². The van der Waals surface area contributed by atoms with Gasteiger partial charge in [0.2, 0.25) is 0 Å². The average molecular weight is 412 g/mol. The highest BCUT2D eigenvalue weighted by molar-refractivity contribution is 6.36. The van der Waals surface area contributed by atoms with Crippen molar-refractivity contribution < 1.29 is 14.0 Å². The van der Waals surface area contributed by atoms with Crippen molar-refractivity contribution in [1.82, 2.24) is 10.7 Å². The maximum Gasteiger partial charge on any atom is 0.260 e. The van der Waals surface area contributed by atoms with Crippen molar-refractivity contribution in [3.05, 3.63) is 63.9 Å². The van der Waals surface area contributed by atoms with Gasteiger partial charge in [-0.15, -0.1) is 0 Å². The van der Waals surface area contributed by atoms with Crippen LogP contribution >= 0.6 is 23.2 Å². The third kappa shape index (κ3) is 6.41. The van der Waals surface area contributed by atoms with Crippen LogP contribution in [0, 0.1) is 11.7 Å². The van der Waals surface area contributed by atoms with Gasteiger partial charge < -0.3 is 5.32 Å². The van der Waals surface area contributed by atoms with Crippen molar-refractivity contribution in [2.45, 2.75) is 26.3 Å².